The van der Waals surface area contributed by atoms with Crippen molar-refractivity contribution in [2.45, 2.75) is 13.8 Å². The SMILES string of the molecule is C=C/C=C(\C=C)C(=O)Nc1ccc(Br)cc1C(=O)OC.CC. The van der Waals surface area contributed by atoms with Gasteiger partial charge in [0.1, 0.15) is 0 Å². The minimum atomic E-state index is -0.533. The molecule has 5 heteroatoms. The highest BCUT2D eigenvalue weighted by molar-refractivity contribution is 9.10. The van der Waals surface area contributed by atoms with Gasteiger partial charge < -0.3 is 10.1 Å². The smallest absolute Gasteiger partial charge is 0.340 e. The molecule has 0 aliphatic carbocycles. The summed E-state index contributed by atoms with van der Waals surface area (Å²) in [6.07, 6.45) is 4.42. The van der Waals surface area contributed by atoms with Gasteiger partial charge >= 0.3 is 5.97 Å². The Hall–Kier alpha value is -2.14. The minimum absolute atomic E-state index is 0.261. The summed E-state index contributed by atoms with van der Waals surface area (Å²) >= 11 is 3.27. The Labute approximate surface area is 139 Å². The van der Waals surface area contributed by atoms with E-state index in [9.17, 15) is 9.59 Å². The Bertz CT molecular complexity index is 592. The normalized spacial score (nSPS) is 9.91. The lowest BCUT2D eigenvalue weighted by Gasteiger charge is -2.10. The molecular weight excluding hydrogens is 346 g/mol. The molecule has 0 heterocycles. The monoisotopic (exact) mass is 365 g/mol. The van der Waals surface area contributed by atoms with Crippen LogP contribution in [0.1, 0.15) is 24.2 Å². The molecule has 22 heavy (non-hydrogen) atoms. The lowest BCUT2D eigenvalue weighted by atomic mass is 10.1. The van der Waals surface area contributed by atoms with Gasteiger partial charge in [-0.25, -0.2) is 4.79 Å². The Morgan fingerprint density at radius 3 is 2.41 bits per heavy atom. The third-order valence-corrected chi connectivity index (χ3v) is 2.91. The summed E-state index contributed by atoms with van der Waals surface area (Å²) in [5.41, 5.74) is 0.970. The van der Waals surface area contributed by atoms with Crippen LogP contribution in [0.3, 0.4) is 0 Å². The van der Waals surface area contributed by atoms with Gasteiger partial charge in [0.05, 0.1) is 18.4 Å². The molecule has 0 atom stereocenters. The maximum Gasteiger partial charge on any atom is 0.340 e. The van der Waals surface area contributed by atoms with E-state index < -0.39 is 5.97 Å². The van der Waals surface area contributed by atoms with E-state index in [-0.39, 0.29) is 11.5 Å². The van der Waals surface area contributed by atoms with Crippen molar-refractivity contribution in [1.29, 1.82) is 0 Å². The molecule has 118 valence electrons. The Morgan fingerprint density at radius 2 is 1.91 bits per heavy atom. The maximum atomic E-state index is 12.0. The van der Waals surface area contributed by atoms with Crippen molar-refractivity contribution in [1.82, 2.24) is 0 Å². The van der Waals surface area contributed by atoms with Crippen LogP contribution in [0.4, 0.5) is 5.69 Å². The summed E-state index contributed by atoms with van der Waals surface area (Å²) in [4.78, 5) is 23.7. The average molecular weight is 366 g/mol. The second kappa shape index (κ2) is 10.6. The highest BCUT2D eigenvalue weighted by atomic mass is 79.9. The van der Waals surface area contributed by atoms with Crippen LogP contribution in [0.25, 0.3) is 0 Å². The number of rotatable bonds is 5. The Morgan fingerprint density at radius 1 is 1.27 bits per heavy atom. The summed E-state index contributed by atoms with van der Waals surface area (Å²) in [5.74, 6) is -0.915. The zero-order valence-corrected chi connectivity index (χ0v) is 14.6. The van der Waals surface area contributed by atoms with E-state index in [4.69, 9.17) is 0 Å². The predicted molar refractivity (Wildman–Crippen MR) is 93.9 cm³/mol. The van der Waals surface area contributed by atoms with E-state index in [1.54, 1.807) is 18.2 Å². The number of nitrogens with one attached hydrogen (secondary N) is 1. The highest BCUT2D eigenvalue weighted by Crippen LogP contribution is 2.22. The van der Waals surface area contributed by atoms with Crippen LogP contribution in [-0.4, -0.2) is 19.0 Å². The molecule has 4 nitrogen and oxygen atoms in total. The fourth-order valence-electron chi connectivity index (χ4n) is 1.46. The predicted octanol–water partition coefficient (Wildman–Crippen LogP) is 4.50. The second-order valence-electron chi connectivity index (χ2n) is 3.70. The standard InChI is InChI=1S/C15H14BrNO3.C2H6/c1-4-6-10(5-2)14(18)17-13-8-7-11(16)9-12(13)15(19)20-3;1-2/h4-9H,1-2H2,3H3,(H,17,18);1-2H3/b10-6+;. The first-order chi connectivity index (χ1) is 10.5. The van der Waals surface area contributed by atoms with Crippen molar-refractivity contribution in [2.75, 3.05) is 12.4 Å². The topological polar surface area (TPSA) is 55.4 Å². The van der Waals surface area contributed by atoms with Gasteiger partial charge in [-0.15, -0.1) is 0 Å². The lowest BCUT2D eigenvalue weighted by molar-refractivity contribution is -0.112. The molecule has 0 aliphatic heterocycles. The summed E-state index contributed by atoms with van der Waals surface area (Å²) in [7, 11) is 1.28. The van der Waals surface area contributed by atoms with Crippen molar-refractivity contribution in [3.05, 3.63) is 65.2 Å². The summed E-state index contributed by atoms with van der Waals surface area (Å²) in [6, 6.07) is 4.90. The number of halogens is 1. The number of methoxy groups -OCH3 is 1. The second-order valence-corrected chi connectivity index (χ2v) is 4.61. The number of allylic oxidation sites excluding steroid dienone is 2. The molecule has 0 aromatic heterocycles. The molecule has 0 saturated carbocycles. The fraction of sp³-hybridized carbons (Fsp3) is 0.176. The van der Waals surface area contributed by atoms with E-state index >= 15 is 0 Å². The molecule has 1 aromatic carbocycles. The van der Waals surface area contributed by atoms with Crippen LogP contribution in [0.5, 0.6) is 0 Å². The van der Waals surface area contributed by atoms with Gasteiger partial charge in [0.25, 0.3) is 5.91 Å². The number of benzene rings is 1. The number of carbonyl (C=O) groups is 2. The Balaban J connectivity index is 0.00000211. The van der Waals surface area contributed by atoms with Gasteiger partial charge in [-0.1, -0.05) is 61.2 Å². The van der Waals surface area contributed by atoms with Gasteiger partial charge in [0.15, 0.2) is 0 Å². The van der Waals surface area contributed by atoms with Crippen molar-refractivity contribution in [3.8, 4) is 0 Å². The molecule has 0 radical (unpaired) electrons. The maximum absolute atomic E-state index is 12.0. The van der Waals surface area contributed by atoms with Crippen molar-refractivity contribution < 1.29 is 14.3 Å². The Kier molecular flexibility index (Phi) is 9.54. The van der Waals surface area contributed by atoms with Gasteiger partial charge in [0.2, 0.25) is 0 Å². The lowest BCUT2D eigenvalue weighted by Crippen LogP contribution is -2.16. The van der Waals surface area contributed by atoms with E-state index in [1.165, 1.54) is 25.3 Å². The van der Waals surface area contributed by atoms with E-state index in [0.29, 0.717) is 15.7 Å². The number of hydrogen-bond acceptors (Lipinski definition) is 3. The van der Waals surface area contributed by atoms with Crippen LogP contribution < -0.4 is 5.32 Å². The number of esters is 1. The van der Waals surface area contributed by atoms with Crippen molar-refractivity contribution >= 4 is 33.5 Å². The van der Waals surface area contributed by atoms with Gasteiger partial charge in [0, 0.05) is 10.0 Å². The summed E-state index contributed by atoms with van der Waals surface area (Å²) in [6.45, 7) is 11.1. The minimum Gasteiger partial charge on any atom is -0.465 e. The van der Waals surface area contributed by atoms with Crippen LogP contribution in [0, 0.1) is 0 Å². The van der Waals surface area contributed by atoms with Crippen molar-refractivity contribution in [3.63, 3.8) is 0 Å². The molecular formula is C17H20BrNO3. The molecule has 1 amide bonds. The number of amides is 1. The molecule has 1 N–H and O–H groups in total. The largest absolute Gasteiger partial charge is 0.465 e. The molecule has 0 unspecified atom stereocenters. The van der Waals surface area contributed by atoms with E-state index in [2.05, 4.69) is 39.1 Å². The third kappa shape index (κ3) is 5.69. The molecule has 1 rings (SSSR count). The molecule has 0 saturated heterocycles. The van der Waals surface area contributed by atoms with Gasteiger partial charge in [-0.3, -0.25) is 4.79 Å². The van der Waals surface area contributed by atoms with E-state index in [0.717, 1.165) is 0 Å². The average Bonchev–Trinajstić information content (AvgIpc) is 2.55. The molecule has 0 spiro atoms. The van der Waals surface area contributed by atoms with Gasteiger partial charge in [-0.05, 0) is 18.2 Å². The first-order valence-electron chi connectivity index (χ1n) is 6.67. The van der Waals surface area contributed by atoms with Gasteiger partial charge in [-0.2, -0.15) is 0 Å². The first kappa shape index (κ1) is 19.9. The van der Waals surface area contributed by atoms with Crippen LogP contribution in [0.2, 0.25) is 0 Å². The zero-order valence-electron chi connectivity index (χ0n) is 13.0. The highest BCUT2D eigenvalue weighted by Gasteiger charge is 2.15. The number of anilines is 1. The number of ether oxygens (including phenoxy) is 1. The van der Waals surface area contributed by atoms with E-state index in [1.807, 2.05) is 13.8 Å². The van der Waals surface area contributed by atoms with Crippen LogP contribution in [-0.2, 0) is 9.53 Å². The molecule has 1 aromatic rings. The zero-order chi connectivity index (χ0) is 17.1. The first-order valence-corrected chi connectivity index (χ1v) is 7.47. The number of carbonyl (C=O) groups excluding carboxylic acids is 2. The van der Waals surface area contributed by atoms with Crippen LogP contribution >= 0.6 is 15.9 Å². The van der Waals surface area contributed by atoms with Crippen molar-refractivity contribution in [2.24, 2.45) is 0 Å². The molecule has 0 bridgehead atoms. The fourth-order valence-corrected chi connectivity index (χ4v) is 1.82. The molecule has 0 aliphatic rings. The van der Waals surface area contributed by atoms with Crippen LogP contribution in [0.15, 0.2) is 59.6 Å². The quantitative estimate of drug-likeness (QED) is 0.474. The summed E-state index contributed by atoms with van der Waals surface area (Å²) < 4.78 is 5.40. The number of hydrogen-bond donors (Lipinski definition) is 1. The third-order valence-electron chi connectivity index (χ3n) is 2.41. The molecule has 0 fully saturated rings. The summed E-state index contributed by atoms with van der Waals surface area (Å²) in [5, 5.41) is 2.64.